The normalized spacial score (nSPS) is 13.3. The maximum atomic E-state index is 13.1. The molecule has 0 bridgehead atoms. The number of benzene rings is 3. The van der Waals surface area contributed by atoms with E-state index in [-0.39, 0.29) is 17.6 Å². The highest BCUT2D eigenvalue weighted by atomic mass is 19.4. The molecule has 168 valence electrons. The number of anilines is 2. The first-order valence-corrected chi connectivity index (χ1v) is 10.1. The quantitative estimate of drug-likeness (QED) is 0.496. The van der Waals surface area contributed by atoms with Gasteiger partial charge in [-0.05, 0) is 73.2 Å². The third kappa shape index (κ3) is 4.74. The zero-order chi connectivity index (χ0) is 23.6. The summed E-state index contributed by atoms with van der Waals surface area (Å²) in [6, 6.07) is 16.4. The summed E-state index contributed by atoms with van der Waals surface area (Å²) in [6.45, 7) is 3.81. The molecule has 1 aliphatic rings. The minimum absolute atomic E-state index is 0.211. The summed E-state index contributed by atoms with van der Waals surface area (Å²) in [5.74, 6) is 0.148. The molecule has 1 aliphatic heterocycles. The maximum Gasteiger partial charge on any atom is 0.416 e. The summed E-state index contributed by atoms with van der Waals surface area (Å²) in [6.07, 6.45) is -2.74. The molecule has 0 saturated heterocycles. The van der Waals surface area contributed by atoms with Gasteiger partial charge in [0.25, 0.3) is 5.91 Å². The molecule has 0 radical (unpaired) electrons. The van der Waals surface area contributed by atoms with Gasteiger partial charge in [0, 0.05) is 29.0 Å². The first-order chi connectivity index (χ1) is 15.8. The molecule has 8 heteroatoms. The number of alkyl halides is 3. The van der Waals surface area contributed by atoms with E-state index in [0.29, 0.717) is 41.2 Å². The molecule has 1 N–H and O–H groups in total. The molecule has 5 nitrogen and oxygen atoms in total. The number of ether oxygens (including phenoxy) is 1. The summed E-state index contributed by atoms with van der Waals surface area (Å²) in [5.41, 5.74) is 1.67. The molecule has 3 aromatic rings. The minimum atomic E-state index is -4.42. The van der Waals surface area contributed by atoms with Crippen molar-refractivity contribution in [3.8, 4) is 11.5 Å². The van der Waals surface area contributed by atoms with E-state index >= 15 is 0 Å². The fraction of sp³-hybridized carbons (Fsp3) is 0.120. The van der Waals surface area contributed by atoms with Crippen LogP contribution in [0.3, 0.4) is 0 Å². The van der Waals surface area contributed by atoms with E-state index in [4.69, 9.17) is 4.74 Å². The van der Waals surface area contributed by atoms with Gasteiger partial charge in [-0.15, -0.1) is 0 Å². The van der Waals surface area contributed by atoms with Crippen LogP contribution in [0.5, 0.6) is 11.5 Å². The van der Waals surface area contributed by atoms with Crippen LogP contribution in [0.25, 0.3) is 0 Å². The number of nitrogens with zero attached hydrogens (tertiary/aromatic N) is 1. The second-order valence-electron chi connectivity index (χ2n) is 7.35. The van der Waals surface area contributed by atoms with E-state index in [1.54, 1.807) is 47.4 Å². The van der Waals surface area contributed by atoms with Crippen LogP contribution in [0.15, 0.2) is 79.4 Å². The van der Waals surface area contributed by atoms with Crippen molar-refractivity contribution in [2.75, 3.05) is 16.8 Å². The summed E-state index contributed by atoms with van der Waals surface area (Å²) < 4.78 is 44.2. The van der Waals surface area contributed by atoms with Crippen LogP contribution < -0.4 is 15.0 Å². The van der Waals surface area contributed by atoms with Gasteiger partial charge in [-0.2, -0.15) is 13.2 Å². The Kier molecular flexibility index (Phi) is 5.91. The molecular weight excluding hydrogens is 433 g/mol. The van der Waals surface area contributed by atoms with Gasteiger partial charge in [-0.25, -0.2) is 0 Å². The summed E-state index contributed by atoms with van der Waals surface area (Å²) in [7, 11) is 0. The number of carbonyl (C=O) groups is 2. The highest BCUT2D eigenvalue weighted by Gasteiger charge is 2.30. The second kappa shape index (κ2) is 8.82. The highest BCUT2D eigenvalue weighted by Crippen LogP contribution is 2.35. The molecule has 2 amide bonds. The smallest absolute Gasteiger partial charge is 0.416 e. The van der Waals surface area contributed by atoms with Crippen molar-refractivity contribution in [3.63, 3.8) is 0 Å². The number of fused-ring (bicyclic) bond motifs is 1. The van der Waals surface area contributed by atoms with Crippen LogP contribution in [0.4, 0.5) is 24.5 Å². The lowest BCUT2D eigenvalue weighted by atomic mass is 9.97. The van der Waals surface area contributed by atoms with E-state index in [9.17, 15) is 22.8 Å². The summed E-state index contributed by atoms with van der Waals surface area (Å²) in [4.78, 5) is 26.2. The number of nitrogens with one attached hydrogen (secondary N) is 1. The first kappa shape index (κ1) is 22.1. The van der Waals surface area contributed by atoms with E-state index in [1.165, 1.54) is 18.2 Å². The van der Waals surface area contributed by atoms with Gasteiger partial charge in [0.05, 0.1) is 5.56 Å². The Labute approximate surface area is 188 Å². The Morgan fingerprint density at radius 1 is 1.03 bits per heavy atom. The summed E-state index contributed by atoms with van der Waals surface area (Å²) >= 11 is 0. The van der Waals surface area contributed by atoms with Gasteiger partial charge in [-0.3, -0.25) is 9.59 Å². The standard InChI is InChI=1S/C25H19F3N2O3/c1-2-23(31)29-17-8-10-18(11-9-17)30-15-14-20-21(24(30)32)4-3-5-22(20)33-19-12-6-16(7-13-19)25(26,27)28/h2-13H,1,14-15H2,(H,29,31). The van der Waals surface area contributed by atoms with Crippen molar-refractivity contribution in [2.45, 2.75) is 12.6 Å². The lowest BCUT2D eigenvalue weighted by Crippen LogP contribution is -2.37. The van der Waals surface area contributed by atoms with E-state index in [0.717, 1.165) is 12.1 Å². The zero-order valence-electron chi connectivity index (χ0n) is 17.4. The van der Waals surface area contributed by atoms with Gasteiger partial charge in [0.2, 0.25) is 5.91 Å². The molecule has 33 heavy (non-hydrogen) atoms. The number of halogens is 3. The van der Waals surface area contributed by atoms with Crippen molar-refractivity contribution in [3.05, 3.63) is 96.1 Å². The van der Waals surface area contributed by atoms with E-state index in [2.05, 4.69) is 11.9 Å². The largest absolute Gasteiger partial charge is 0.457 e. The van der Waals surface area contributed by atoms with Crippen molar-refractivity contribution >= 4 is 23.2 Å². The topological polar surface area (TPSA) is 58.6 Å². The first-order valence-electron chi connectivity index (χ1n) is 10.1. The zero-order valence-corrected chi connectivity index (χ0v) is 17.4. The predicted octanol–water partition coefficient (Wildman–Crippen LogP) is 5.83. The van der Waals surface area contributed by atoms with E-state index in [1.807, 2.05) is 0 Å². The van der Waals surface area contributed by atoms with Crippen molar-refractivity contribution in [1.82, 2.24) is 0 Å². The van der Waals surface area contributed by atoms with Gasteiger partial charge in [0.15, 0.2) is 0 Å². The van der Waals surface area contributed by atoms with Gasteiger partial charge < -0.3 is 15.0 Å². The monoisotopic (exact) mass is 452 g/mol. The van der Waals surface area contributed by atoms with Gasteiger partial charge >= 0.3 is 6.18 Å². The van der Waals surface area contributed by atoms with Crippen LogP contribution in [0.1, 0.15) is 21.5 Å². The van der Waals surface area contributed by atoms with Crippen molar-refractivity contribution in [1.29, 1.82) is 0 Å². The lowest BCUT2D eigenvalue weighted by molar-refractivity contribution is -0.137. The third-order valence-corrected chi connectivity index (χ3v) is 5.24. The molecule has 0 unspecified atom stereocenters. The molecule has 0 spiro atoms. The minimum Gasteiger partial charge on any atom is -0.457 e. The van der Waals surface area contributed by atoms with Crippen LogP contribution >= 0.6 is 0 Å². The number of carbonyl (C=O) groups excluding carboxylic acids is 2. The second-order valence-corrected chi connectivity index (χ2v) is 7.35. The van der Waals surface area contributed by atoms with Gasteiger partial charge in [-0.1, -0.05) is 12.6 Å². The fourth-order valence-electron chi connectivity index (χ4n) is 3.59. The molecule has 0 atom stereocenters. The molecule has 1 heterocycles. The number of amides is 2. The molecule has 3 aromatic carbocycles. The Hall–Kier alpha value is -4.07. The Balaban J connectivity index is 1.53. The third-order valence-electron chi connectivity index (χ3n) is 5.24. The molecule has 0 saturated carbocycles. The maximum absolute atomic E-state index is 13.1. The number of hydrogen-bond acceptors (Lipinski definition) is 3. The Bertz CT molecular complexity index is 1200. The Morgan fingerprint density at radius 2 is 1.73 bits per heavy atom. The average molecular weight is 452 g/mol. The molecule has 0 aliphatic carbocycles. The molecule has 4 rings (SSSR count). The SMILES string of the molecule is C=CC(=O)Nc1ccc(N2CCc3c(Oc4ccc(C(F)(F)F)cc4)cccc3C2=O)cc1. The van der Waals surface area contributed by atoms with Crippen LogP contribution in [-0.2, 0) is 17.4 Å². The van der Waals surface area contributed by atoms with Gasteiger partial charge in [0.1, 0.15) is 11.5 Å². The number of hydrogen-bond donors (Lipinski definition) is 1. The Morgan fingerprint density at radius 3 is 2.36 bits per heavy atom. The van der Waals surface area contributed by atoms with Crippen LogP contribution in [0, 0.1) is 0 Å². The highest BCUT2D eigenvalue weighted by molar-refractivity contribution is 6.08. The molecule has 0 aromatic heterocycles. The predicted molar refractivity (Wildman–Crippen MR) is 119 cm³/mol. The van der Waals surface area contributed by atoms with Crippen molar-refractivity contribution in [2.24, 2.45) is 0 Å². The fourth-order valence-corrected chi connectivity index (χ4v) is 3.59. The number of rotatable bonds is 5. The molecule has 0 fully saturated rings. The summed E-state index contributed by atoms with van der Waals surface area (Å²) in [5, 5.41) is 2.65. The lowest BCUT2D eigenvalue weighted by Gasteiger charge is -2.29. The van der Waals surface area contributed by atoms with Crippen LogP contribution in [0.2, 0.25) is 0 Å². The average Bonchev–Trinajstić information content (AvgIpc) is 2.80. The molecular formula is C25H19F3N2O3. The van der Waals surface area contributed by atoms with Crippen molar-refractivity contribution < 1.29 is 27.5 Å². The van der Waals surface area contributed by atoms with Crippen LogP contribution in [-0.4, -0.2) is 18.4 Å². The van der Waals surface area contributed by atoms with E-state index < -0.39 is 11.7 Å².